The van der Waals surface area contributed by atoms with Gasteiger partial charge in [0.2, 0.25) is 0 Å². The predicted molar refractivity (Wildman–Crippen MR) is 60.6 cm³/mol. The Morgan fingerprint density at radius 3 is 2.57 bits per heavy atom. The molecule has 2 aromatic rings. The molecule has 0 aliphatic carbocycles. The molecule has 72 valence electrons. The van der Waals surface area contributed by atoms with E-state index in [4.69, 9.17) is 10.0 Å². The van der Waals surface area contributed by atoms with Gasteiger partial charge in [-0.2, -0.15) is 0 Å². The van der Waals surface area contributed by atoms with Gasteiger partial charge < -0.3 is 15.2 Å². The summed E-state index contributed by atoms with van der Waals surface area (Å²) in [5.74, 6) is -0.109. The number of thiol groups is 1. The Hall–Kier alpha value is -0.685. The minimum absolute atomic E-state index is 0.109. The molecule has 3 nitrogen and oxygen atoms in total. The summed E-state index contributed by atoms with van der Waals surface area (Å²) in [6.07, 6.45) is 0. The van der Waals surface area contributed by atoms with Crippen molar-refractivity contribution in [2.45, 2.75) is 4.21 Å². The Balaban J connectivity index is 2.70. The highest BCUT2D eigenvalue weighted by Crippen LogP contribution is 2.29. The van der Waals surface area contributed by atoms with Crippen molar-refractivity contribution < 1.29 is 15.2 Å². The van der Waals surface area contributed by atoms with Crippen molar-refractivity contribution in [2.24, 2.45) is 0 Å². The van der Waals surface area contributed by atoms with Crippen LogP contribution < -0.4 is 5.46 Å². The average molecular weight is 226 g/mol. The minimum atomic E-state index is -1.65. The third-order valence-corrected chi connectivity index (χ3v) is 3.23. The normalized spacial score (nSPS) is 10.8. The fraction of sp³-hybridized carbons (Fsp3) is 0. The van der Waals surface area contributed by atoms with Crippen molar-refractivity contribution in [3.05, 3.63) is 18.2 Å². The molecule has 6 heteroatoms. The van der Waals surface area contributed by atoms with Gasteiger partial charge in [-0.1, -0.05) is 6.07 Å². The highest BCUT2D eigenvalue weighted by molar-refractivity contribution is 7.83. The van der Waals surface area contributed by atoms with Crippen molar-refractivity contribution in [1.29, 1.82) is 0 Å². The first-order valence-electron chi connectivity index (χ1n) is 3.89. The van der Waals surface area contributed by atoms with Crippen molar-refractivity contribution in [2.75, 3.05) is 0 Å². The fourth-order valence-corrected chi connectivity index (χ4v) is 2.54. The zero-order chi connectivity index (χ0) is 10.3. The highest BCUT2D eigenvalue weighted by Gasteiger charge is 2.17. The van der Waals surface area contributed by atoms with Crippen LogP contribution in [0.15, 0.2) is 22.4 Å². The number of benzene rings is 1. The topological polar surface area (TPSA) is 60.7 Å². The van der Waals surface area contributed by atoms with E-state index < -0.39 is 7.12 Å². The van der Waals surface area contributed by atoms with E-state index in [1.165, 1.54) is 17.4 Å². The number of fused-ring (bicyclic) bond motifs is 1. The molecule has 1 heterocycles. The molecule has 2 rings (SSSR count). The van der Waals surface area contributed by atoms with Gasteiger partial charge in [0, 0.05) is 10.2 Å². The lowest BCUT2D eigenvalue weighted by Gasteiger charge is -2.02. The zero-order valence-electron chi connectivity index (χ0n) is 7.01. The van der Waals surface area contributed by atoms with Gasteiger partial charge in [-0.3, -0.25) is 0 Å². The number of phenols is 1. The molecule has 0 unspecified atom stereocenters. The number of hydrogen-bond acceptors (Lipinski definition) is 5. The minimum Gasteiger partial charge on any atom is -0.508 e. The molecular weight excluding hydrogens is 219 g/mol. The standard InChI is InChI=1S/C8H7BO3S2/c10-6-3-7-4(2-8(13)14-7)1-5(6)9(11)12/h1-3,10-13H. The smallest absolute Gasteiger partial charge is 0.492 e. The molecule has 0 aliphatic rings. The van der Waals surface area contributed by atoms with Gasteiger partial charge in [-0.05, 0) is 17.5 Å². The lowest BCUT2D eigenvalue weighted by molar-refractivity contribution is 0.420. The van der Waals surface area contributed by atoms with Gasteiger partial charge in [0.1, 0.15) is 5.75 Å². The molecule has 0 saturated carbocycles. The van der Waals surface area contributed by atoms with Crippen molar-refractivity contribution >= 4 is 46.6 Å². The first-order valence-corrected chi connectivity index (χ1v) is 5.16. The summed E-state index contributed by atoms with van der Waals surface area (Å²) in [7, 11) is -1.65. The molecule has 0 aliphatic heterocycles. The second-order valence-corrected chi connectivity index (χ2v) is 4.78. The van der Waals surface area contributed by atoms with Crippen LogP contribution in [-0.4, -0.2) is 22.3 Å². The second kappa shape index (κ2) is 3.47. The lowest BCUT2D eigenvalue weighted by atomic mass is 9.79. The molecule has 0 amide bonds. The zero-order valence-corrected chi connectivity index (χ0v) is 8.72. The lowest BCUT2D eigenvalue weighted by Crippen LogP contribution is -2.29. The Labute approximate surface area is 90.2 Å². The van der Waals surface area contributed by atoms with Crippen LogP contribution in [0.3, 0.4) is 0 Å². The van der Waals surface area contributed by atoms with E-state index in [0.717, 1.165) is 14.3 Å². The number of thiophene rings is 1. The number of phenolic OH excluding ortho intramolecular Hbond substituents is 1. The van der Waals surface area contributed by atoms with Gasteiger partial charge in [-0.25, -0.2) is 0 Å². The fourth-order valence-electron chi connectivity index (χ4n) is 1.29. The van der Waals surface area contributed by atoms with E-state index in [1.807, 2.05) is 6.07 Å². The summed E-state index contributed by atoms with van der Waals surface area (Å²) >= 11 is 5.60. The molecule has 0 atom stereocenters. The average Bonchev–Trinajstić information content (AvgIpc) is 2.42. The Kier molecular flexibility index (Phi) is 2.44. The van der Waals surface area contributed by atoms with Gasteiger partial charge in [0.15, 0.2) is 0 Å². The van der Waals surface area contributed by atoms with E-state index in [1.54, 1.807) is 6.07 Å². The summed E-state index contributed by atoms with van der Waals surface area (Å²) in [4.78, 5) is 0. The summed E-state index contributed by atoms with van der Waals surface area (Å²) in [6, 6.07) is 4.87. The molecule has 0 bridgehead atoms. The quantitative estimate of drug-likeness (QED) is 0.425. The highest BCUT2D eigenvalue weighted by atomic mass is 32.2. The van der Waals surface area contributed by atoms with Crippen molar-refractivity contribution in [3.8, 4) is 5.75 Å². The maximum atomic E-state index is 9.45. The number of rotatable bonds is 1. The van der Waals surface area contributed by atoms with Crippen LogP contribution in [0.5, 0.6) is 5.75 Å². The maximum absolute atomic E-state index is 9.45. The van der Waals surface area contributed by atoms with Crippen LogP contribution in [0.25, 0.3) is 10.1 Å². The molecule has 1 aromatic heterocycles. The Bertz CT molecular complexity index is 481. The van der Waals surface area contributed by atoms with Crippen molar-refractivity contribution in [1.82, 2.24) is 0 Å². The SMILES string of the molecule is OB(O)c1cc2cc(S)sc2cc1O. The molecule has 3 N–H and O–H groups in total. The first kappa shape index (κ1) is 9.85. The van der Waals surface area contributed by atoms with Crippen LogP contribution in [0.1, 0.15) is 0 Å². The van der Waals surface area contributed by atoms with E-state index in [-0.39, 0.29) is 11.2 Å². The predicted octanol–water partition coefficient (Wildman–Crippen LogP) is 0.575. The molecular formula is C8H7BO3S2. The summed E-state index contributed by atoms with van der Waals surface area (Å²) in [5.41, 5.74) is 0.114. The maximum Gasteiger partial charge on any atom is 0.492 e. The molecule has 1 aromatic carbocycles. The van der Waals surface area contributed by atoms with Gasteiger partial charge >= 0.3 is 7.12 Å². The van der Waals surface area contributed by atoms with Gasteiger partial charge in [0.05, 0.1) is 4.21 Å². The summed E-state index contributed by atoms with van der Waals surface area (Å²) in [6.45, 7) is 0. The molecule has 0 fully saturated rings. The van der Waals surface area contributed by atoms with Gasteiger partial charge in [-0.15, -0.1) is 24.0 Å². The van der Waals surface area contributed by atoms with Crippen LogP contribution in [0.4, 0.5) is 0 Å². The third-order valence-electron chi connectivity index (χ3n) is 1.93. The second-order valence-electron chi connectivity index (χ2n) is 2.91. The summed E-state index contributed by atoms with van der Waals surface area (Å²) < 4.78 is 1.70. The van der Waals surface area contributed by atoms with Crippen LogP contribution in [0.2, 0.25) is 0 Å². The monoisotopic (exact) mass is 226 g/mol. The van der Waals surface area contributed by atoms with Crippen LogP contribution >= 0.6 is 24.0 Å². The Morgan fingerprint density at radius 2 is 1.93 bits per heavy atom. The number of hydrogen-bond donors (Lipinski definition) is 4. The largest absolute Gasteiger partial charge is 0.508 e. The van der Waals surface area contributed by atoms with E-state index in [9.17, 15) is 5.11 Å². The first-order chi connectivity index (χ1) is 6.58. The van der Waals surface area contributed by atoms with E-state index >= 15 is 0 Å². The summed E-state index contributed by atoms with van der Waals surface area (Å²) in [5, 5.41) is 28.2. The Morgan fingerprint density at radius 1 is 1.21 bits per heavy atom. The molecule has 0 radical (unpaired) electrons. The molecule has 0 saturated heterocycles. The number of aromatic hydroxyl groups is 1. The molecule has 14 heavy (non-hydrogen) atoms. The van der Waals surface area contributed by atoms with Crippen LogP contribution in [0, 0.1) is 0 Å². The van der Waals surface area contributed by atoms with Crippen LogP contribution in [-0.2, 0) is 0 Å². The molecule has 0 spiro atoms. The van der Waals surface area contributed by atoms with Crippen molar-refractivity contribution in [3.63, 3.8) is 0 Å². The third kappa shape index (κ3) is 1.61. The van der Waals surface area contributed by atoms with Gasteiger partial charge in [0.25, 0.3) is 0 Å². The van der Waals surface area contributed by atoms with E-state index in [0.29, 0.717) is 0 Å². The van der Waals surface area contributed by atoms with E-state index in [2.05, 4.69) is 12.6 Å².